The number of piperidine rings is 1. The number of nitrogens with one attached hydrogen (secondary N) is 2. The molecule has 0 spiro atoms. The lowest BCUT2D eigenvalue weighted by atomic mass is 10.0. The van der Waals surface area contributed by atoms with E-state index in [1.807, 2.05) is 6.07 Å². The molecule has 1 heterocycles. The number of carbonyl (C=O) groups excluding carboxylic acids is 1. The summed E-state index contributed by atoms with van der Waals surface area (Å²) in [6.07, 6.45) is 2.72. The predicted molar refractivity (Wildman–Crippen MR) is 73.7 cm³/mol. The van der Waals surface area contributed by atoms with Crippen LogP contribution in [0, 0.1) is 13.8 Å². The summed E-state index contributed by atoms with van der Waals surface area (Å²) in [6.45, 7) is 6.15. The topological polar surface area (TPSA) is 41.1 Å². The van der Waals surface area contributed by atoms with E-state index in [4.69, 9.17) is 0 Å². The Balaban J connectivity index is 1.88. The van der Waals surface area contributed by atoms with Crippen molar-refractivity contribution in [2.75, 3.05) is 13.1 Å². The zero-order valence-corrected chi connectivity index (χ0v) is 11.3. The second-order valence-corrected chi connectivity index (χ2v) is 5.21. The highest BCUT2D eigenvalue weighted by Crippen LogP contribution is 2.10. The number of hydrogen-bond donors (Lipinski definition) is 2. The van der Waals surface area contributed by atoms with Crippen LogP contribution in [0.15, 0.2) is 18.2 Å². The van der Waals surface area contributed by atoms with Gasteiger partial charge in [0.25, 0.3) is 0 Å². The Morgan fingerprint density at radius 1 is 1.39 bits per heavy atom. The molecule has 2 rings (SSSR count). The van der Waals surface area contributed by atoms with Gasteiger partial charge in [0.2, 0.25) is 5.91 Å². The van der Waals surface area contributed by atoms with Crippen molar-refractivity contribution >= 4 is 5.91 Å². The van der Waals surface area contributed by atoms with E-state index < -0.39 is 0 Å². The highest BCUT2D eigenvalue weighted by atomic mass is 16.1. The lowest BCUT2D eigenvalue weighted by molar-refractivity contribution is -0.121. The van der Waals surface area contributed by atoms with E-state index in [-0.39, 0.29) is 5.91 Å². The summed E-state index contributed by atoms with van der Waals surface area (Å²) in [7, 11) is 0. The Morgan fingerprint density at radius 2 is 2.22 bits per heavy atom. The van der Waals surface area contributed by atoms with Crippen molar-refractivity contribution in [1.82, 2.24) is 10.6 Å². The first-order chi connectivity index (χ1) is 8.65. The molecule has 3 heteroatoms. The third kappa shape index (κ3) is 3.57. The number of amides is 1. The zero-order chi connectivity index (χ0) is 13.0. The minimum atomic E-state index is 0.131. The molecule has 0 saturated carbocycles. The normalized spacial score (nSPS) is 19.6. The number of benzene rings is 1. The third-order valence-corrected chi connectivity index (χ3v) is 3.60. The molecule has 1 atom stereocenters. The molecule has 0 aromatic heterocycles. The standard InChI is InChI=1S/C15H22N2O/c1-11-5-6-13(8-12(11)2)9-15(18)17-14-4-3-7-16-10-14/h5-6,8,14,16H,3-4,7,9-10H2,1-2H3,(H,17,18). The summed E-state index contributed by atoms with van der Waals surface area (Å²) in [4.78, 5) is 11.9. The molecule has 2 N–H and O–H groups in total. The molecule has 98 valence electrons. The van der Waals surface area contributed by atoms with E-state index in [2.05, 4.69) is 36.6 Å². The van der Waals surface area contributed by atoms with Crippen LogP contribution in [0.25, 0.3) is 0 Å². The first kappa shape index (κ1) is 13.1. The molecule has 0 bridgehead atoms. The average Bonchev–Trinajstić information content (AvgIpc) is 2.35. The summed E-state index contributed by atoms with van der Waals surface area (Å²) < 4.78 is 0. The minimum Gasteiger partial charge on any atom is -0.352 e. The van der Waals surface area contributed by atoms with E-state index in [0.29, 0.717) is 12.5 Å². The minimum absolute atomic E-state index is 0.131. The fourth-order valence-corrected chi connectivity index (χ4v) is 2.35. The molecular formula is C15H22N2O. The Hall–Kier alpha value is -1.35. The first-order valence-electron chi connectivity index (χ1n) is 6.71. The number of rotatable bonds is 3. The first-order valence-corrected chi connectivity index (χ1v) is 6.71. The fraction of sp³-hybridized carbons (Fsp3) is 0.533. The summed E-state index contributed by atoms with van der Waals surface area (Å²) in [5.74, 6) is 0.131. The molecular weight excluding hydrogens is 224 g/mol. The molecule has 1 aliphatic heterocycles. The van der Waals surface area contributed by atoms with Crippen LogP contribution >= 0.6 is 0 Å². The molecule has 3 nitrogen and oxygen atoms in total. The molecule has 1 aliphatic rings. The van der Waals surface area contributed by atoms with Crippen LogP contribution in [0.1, 0.15) is 29.5 Å². The van der Waals surface area contributed by atoms with Crippen molar-refractivity contribution < 1.29 is 4.79 Å². The zero-order valence-electron chi connectivity index (χ0n) is 11.3. The van der Waals surface area contributed by atoms with Crippen molar-refractivity contribution in [3.63, 3.8) is 0 Å². The van der Waals surface area contributed by atoms with E-state index in [1.54, 1.807) is 0 Å². The number of carbonyl (C=O) groups is 1. The Kier molecular flexibility index (Phi) is 4.37. The molecule has 0 aliphatic carbocycles. The van der Waals surface area contributed by atoms with Gasteiger partial charge >= 0.3 is 0 Å². The highest BCUT2D eigenvalue weighted by Gasteiger charge is 2.15. The van der Waals surface area contributed by atoms with Gasteiger partial charge in [-0.05, 0) is 49.9 Å². The van der Waals surface area contributed by atoms with Crippen LogP contribution in [-0.4, -0.2) is 25.0 Å². The quantitative estimate of drug-likeness (QED) is 0.852. The van der Waals surface area contributed by atoms with Gasteiger partial charge in [0.15, 0.2) is 0 Å². The molecule has 1 fully saturated rings. The summed E-state index contributed by atoms with van der Waals surface area (Å²) >= 11 is 0. The number of aryl methyl sites for hydroxylation is 2. The van der Waals surface area contributed by atoms with Gasteiger partial charge < -0.3 is 10.6 Å². The maximum absolute atomic E-state index is 11.9. The molecule has 1 saturated heterocycles. The van der Waals surface area contributed by atoms with Crippen molar-refractivity contribution in [3.8, 4) is 0 Å². The van der Waals surface area contributed by atoms with Crippen LogP contribution in [-0.2, 0) is 11.2 Å². The van der Waals surface area contributed by atoms with Gasteiger partial charge in [-0.25, -0.2) is 0 Å². The second-order valence-electron chi connectivity index (χ2n) is 5.21. The van der Waals surface area contributed by atoms with Crippen molar-refractivity contribution in [3.05, 3.63) is 34.9 Å². The van der Waals surface area contributed by atoms with Gasteiger partial charge in [-0.15, -0.1) is 0 Å². The second kappa shape index (κ2) is 6.01. The molecule has 1 unspecified atom stereocenters. The van der Waals surface area contributed by atoms with Gasteiger partial charge in [-0.3, -0.25) is 4.79 Å². The lowest BCUT2D eigenvalue weighted by Gasteiger charge is -2.23. The summed E-state index contributed by atoms with van der Waals surface area (Å²) in [5, 5.41) is 6.41. The Labute approximate surface area is 109 Å². The van der Waals surface area contributed by atoms with E-state index in [1.165, 1.54) is 11.1 Å². The van der Waals surface area contributed by atoms with Gasteiger partial charge in [0.05, 0.1) is 6.42 Å². The third-order valence-electron chi connectivity index (χ3n) is 3.60. The fourth-order valence-electron chi connectivity index (χ4n) is 2.35. The van der Waals surface area contributed by atoms with E-state index in [9.17, 15) is 4.79 Å². The largest absolute Gasteiger partial charge is 0.352 e. The molecule has 1 aromatic rings. The Bertz CT molecular complexity index is 423. The molecule has 1 amide bonds. The molecule has 0 radical (unpaired) electrons. The SMILES string of the molecule is Cc1ccc(CC(=O)NC2CCCNC2)cc1C. The lowest BCUT2D eigenvalue weighted by Crippen LogP contribution is -2.46. The number of hydrogen-bond acceptors (Lipinski definition) is 2. The van der Waals surface area contributed by atoms with Crippen LogP contribution in [0.3, 0.4) is 0 Å². The van der Waals surface area contributed by atoms with Crippen LogP contribution in [0.2, 0.25) is 0 Å². The summed E-state index contributed by atoms with van der Waals surface area (Å²) in [6, 6.07) is 6.53. The van der Waals surface area contributed by atoms with Gasteiger partial charge in [-0.2, -0.15) is 0 Å². The van der Waals surface area contributed by atoms with E-state index >= 15 is 0 Å². The van der Waals surface area contributed by atoms with Gasteiger partial charge in [-0.1, -0.05) is 18.2 Å². The average molecular weight is 246 g/mol. The highest BCUT2D eigenvalue weighted by molar-refractivity contribution is 5.79. The van der Waals surface area contributed by atoms with Crippen LogP contribution in [0.4, 0.5) is 0 Å². The van der Waals surface area contributed by atoms with Gasteiger partial charge in [0.1, 0.15) is 0 Å². The van der Waals surface area contributed by atoms with E-state index in [0.717, 1.165) is 31.5 Å². The molecule has 18 heavy (non-hydrogen) atoms. The Morgan fingerprint density at radius 3 is 2.89 bits per heavy atom. The van der Waals surface area contributed by atoms with Crippen LogP contribution < -0.4 is 10.6 Å². The van der Waals surface area contributed by atoms with Crippen molar-refractivity contribution in [1.29, 1.82) is 0 Å². The molecule has 1 aromatic carbocycles. The van der Waals surface area contributed by atoms with Crippen LogP contribution in [0.5, 0.6) is 0 Å². The maximum Gasteiger partial charge on any atom is 0.224 e. The van der Waals surface area contributed by atoms with Crippen molar-refractivity contribution in [2.24, 2.45) is 0 Å². The smallest absolute Gasteiger partial charge is 0.224 e. The predicted octanol–water partition coefficient (Wildman–Crippen LogP) is 1.71. The van der Waals surface area contributed by atoms with Crippen molar-refractivity contribution in [2.45, 2.75) is 39.2 Å². The maximum atomic E-state index is 11.9. The summed E-state index contributed by atoms with van der Waals surface area (Å²) in [5.41, 5.74) is 3.62. The van der Waals surface area contributed by atoms with Gasteiger partial charge in [0, 0.05) is 12.6 Å². The monoisotopic (exact) mass is 246 g/mol.